The van der Waals surface area contributed by atoms with E-state index in [1.165, 1.54) is 4.90 Å². The van der Waals surface area contributed by atoms with Gasteiger partial charge in [0, 0.05) is 19.7 Å². The lowest BCUT2D eigenvalue weighted by atomic mass is 9.90. The molecule has 30 heavy (non-hydrogen) atoms. The number of amides is 1. The Labute approximate surface area is 175 Å². The molecule has 6 nitrogen and oxygen atoms in total. The molecule has 1 atom stereocenters. The Morgan fingerprint density at radius 2 is 1.80 bits per heavy atom. The van der Waals surface area contributed by atoms with E-state index in [2.05, 4.69) is 29.3 Å². The SMILES string of the molecule is C=C1C(=O)C(N[C@@H](c2ccccc2)C2CC2)=C1Nc1cccc(C(=O)N(C)C)c1O. The predicted octanol–water partition coefficient (Wildman–Crippen LogP) is 3.60. The van der Waals surface area contributed by atoms with Gasteiger partial charge in [-0.05, 0) is 36.5 Å². The molecule has 2 aliphatic rings. The van der Waals surface area contributed by atoms with Gasteiger partial charge in [-0.3, -0.25) is 9.59 Å². The predicted molar refractivity (Wildman–Crippen MR) is 116 cm³/mol. The number of carbonyl (C=O) groups excluding carboxylic acids is 2. The van der Waals surface area contributed by atoms with Gasteiger partial charge in [0.25, 0.3) is 5.91 Å². The van der Waals surface area contributed by atoms with Crippen molar-refractivity contribution in [2.75, 3.05) is 19.4 Å². The zero-order valence-electron chi connectivity index (χ0n) is 17.1. The van der Waals surface area contributed by atoms with Crippen molar-refractivity contribution in [3.8, 4) is 5.75 Å². The summed E-state index contributed by atoms with van der Waals surface area (Å²) in [6.45, 7) is 3.86. The van der Waals surface area contributed by atoms with E-state index in [0.717, 1.165) is 18.4 Å². The van der Waals surface area contributed by atoms with Gasteiger partial charge in [-0.1, -0.05) is 43.0 Å². The minimum absolute atomic E-state index is 0.0466. The first kappa shape index (κ1) is 19.8. The lowest BCUT2D eigenvalue weighted by molar-refractivity contribution is -0.113. The van der Waals surface area contributed by atoms with E-state index in [0.29, 0.717) is 28.6 Å². The normalized spacial score (nSPS) is 16.7. The van der Waals surface area contributed by atoms with Gasteiger partial charge in [0.1, 0.15) is 5.70 Å². The summed E-state index contributed by atoms with van der Waals surface area (Å²) in [7, 11) is 3.25. The Morgan fingerprint density at radius 3 is 2.43 bits per heavy atom. The minimum atomic E-state index is -0.301. The van der Waals surface area contributed by atoms with Crippen molar-refractivity contribution in [2.45, 2.75) is 18.9 Å². The Morgan fingerprint density at radius 1 is 1.10 bits per heavy atom. The molecule has 1 saturated carbocycles. The molecule has 0 spiro atoms. The molecule has 0 bridgehead atoms. The first-order valence-corrected chi connectivity index (χ1v) is 9.99. The molecule has 6 heteroatoms. The second kappa shape index (κ2) is 7.71. The van der Waals surface area contributed by atoms with Crippen LogP contribution < -0.4 is 10.6 Å². The van der Waals surface area contributed by atoms with Gasteiger partial charge >= 0.3 is 0 Å². The van der Waals surface area contributed by atoms with E-state index in [1.807, 2.05) is 18.2 Å². The number of benzene rings is 2. The van der Waals surface area contributed by atoms with Crippen LogP contribution in [0.5, 0.6) is 5.75 Å². The number of carbonyl (C=O) groups is 2. The monoisotopic (exact) mass is 403 g/mol. The van der Waals surface area contributed by atoms with E-state index in [-0.39, 0.29) is 29.0 Å². The fraction of sp³-hybridized carbons (Fsp3) is 0.250. The Balaban J connectivity index is 1.63. The summed E-state index contributed by atoms with van der Waals surface area (Å²) in [6.07, 6.45) is 2.24. The van der Waals surface area contributed by atoms with Gasteiger partial charge in [0.15, 0.2) is 5.75 Å². The molecule has 0 unspecified atom stereocenters. The van der Waals surface area contributed by atoms with Gasteiger partial charge < -0.3 is 20.6 Å². The number of phenolic OH excluding ortho intramolecular Hbond substituents is 1. The number of nitrogens with one attached hydrogen (secondary N) is 2. The number of hydrogen-bond acceptors (Lipinski definition) is 5. The quantitative estimate of drug-likeness (QED) is 0.486. The van der Waals surface area contributed by atoms with Gasteiger partial charge in [-0.2, -0.15) is 0 Å². The van der Waals surface area contributed by atoms with Gasteiger partial charge in [0.2, 0.25) is 5.78 Å². The van der Waals surface area contributed by atoms with Gasteiger partial charge in [0.05, 0.1) is 23.0 Å². The Hall–Kier alpha value is -3.54. The molecule has 1 fully saturated rings. The summed E-state index contributed by atoms with van der Waals surface area (Å²) in [6, 6.07) is 15.0. The van der Waals surface area contributed by atoms with Gasteiger partial charge in [-0.15, -0.1) is 0 Å². The topological polar surface area (TPSA) is 81.7 Å². The number of para-hydroxylation sites is 1. The van der Waals surface area contributed by atoms with Gasteiger partial charge in [-0.25, -0.2) is 0 Å². The summed E-state index contributed by atoms with van der Waals surface area (Å²) in [5.41, 5.74) is 3.04. The highest BCUT2D eigenvalue weighted by molar-refractivity contribution is 6.20. The maximum absolute atomic E-state index is 12.5. The van der Waals surface area contributed by atoms with E-state index in [1.54, 1.807) is 32.3 Å². The number of hydrogen-bond donors (Lipinski definition) is 3. The molecular formula is C24H25N3O3. The molecule has 2 aromatic carbocycles. The highest BCUT2D eigenvalue weighted by Crippen LogP contribution is 2.43. The second-order valence-corrected chi connectivity index (χ2v) is 7.95. The number of Topliss-reactive ketones (excluding diaryl/α,β-unsaturated/α-hetero) is 1. The van der Waals surface area contributed by atoms with E-state index < -0.39 is 0 Å². The molecule has 0 heterocycles. The highest BCUT2D eigenvalue weighted by Gasteiger charge is 2.39. The maximum atomic E-state index is 12.5. The van der Waals surface area contributed by atoms with Crippen molar-refractivity contribution in [2.24, 2.45) is 5.92 Å². The molecule has 2 aromatic rings. The summed E-state index contributed by atoms with van der Waals surface area (Å²) >= 11 is 0. The number of anilines is 1. The van der Waals surface area contributed by atoms with E-state index in [4.69, 9.17) is 0 Å². The molecule has 0 aromatic heterocycles. The molecule has 4 rings (SSSR count). The number of nitrogens with zero attached hydrogens (tertiary/aromatic N) is 1. The first-order valence-electron chi connectivity index (χ1n) is 9.99. The third-order valence-corrected chi connectivity index (χ3v) is 5.54. The molecule has 3 N–H and O–H groups in total. The zero-order valence-corrected chi connectivity index (χ0v) is 17.1. The van der Waals surface area contributed by atoms with Crippen LogP contribution in [0.2, 0.25) is 0 Å². The van der Waals surface area contributed by atoms with Crippen molar-refractivity contribution in [3.05, 3.63) is 83.2 Å². The first-order chi connectivity index (χ1) is 14.4. The molecule has 154 valence electrons. The third kappa shape index (κ3) is 3.56. The van der Waals surface area contributed by atoms with Crippen molar-refractivity contribution in [1.29, 1.82) is 0 Å². The lowest BCUT2D eigenvalue weighted by Crippen LogP contribution is -2.37. The molecule has 0 radical (unpaired) electrons. The van der Waals surface area contributed by atoms with Crippen LogP contribution in [0.4, 0.5) is 5.69 Å². The third-order valence-electron chi connectivity index (χ3n) is 5.54. The summed E-state index contributed by atoms with van der Waals surface area (Å²) in [4.78, 5) is 26.2. The van der Waals surface area contributed by atoms with Crippen LogP contribution in [0.15, 0.2) is 72.1 Å². The van der Waals surface area contributed by atoms with Crippen molar-refractivity contribution < 1.29 is 14.7 Å². The van der Waals surface area contributed by atoms with Crippen LogP contribution in [0.25, 0.3) is 0 Å². The maximum Gasteiger partial charge on any atom is 0.257 e. The number of aromatic hydroxyl groups is 1. The average Bonchev–Trinajstić information content (AvgIpc) is 3.59. The minimum Gasteiger partial charge on any atom is -0.505 e. The fourth-order valence-electron chi connectivity index (χ4n) is 3.65. The largest absolute Gasteiger partial charge is 0.505 e. The van der Waals surface area contributed by atoms with E-state index in [9.17, 15) is 14.7 Å². The molecule has 1 amide bonds. The Kier molecular flexibility index (Phi) is 5.08. The summed E-state index contributed by atoms with van der Waals surface area (Å²) in [5.74, 6) is -0.113. The van der Waals surface area contributed by atoms with Crippen molar-refractivity contribution in [1.82, 2.24) is 10.2 Å². The molecule has 0 aliphatic heterocycles. The van der Waals surface area contributed by atoms with Crippen molar-refractivity contribution >= 4 is 17.4 Å². The summed E-state index contributed by atoms with van der Waals surface area (Å²) < 4.78 is 0. The number of ketones is 1. The highest BCUT2D eigenvalue weighted by atomic mass is 16.3. The van der Waals surface area contributed by atoms with Crippen LogP contribution in [-0.4, -0.2) is 35.8 Å². The van der Waals surface area contributed by atoms with Crippen LogP contribution >= 0.6 is 0 Å². The standard InChI is InChI=1S/C24H25N3O3/c1-14-19(25-18-11-7-10-17(23(18)29)24(30)27(2)3)21(22(14)28)26-20(16-12-13-16)15-8-5-4-6-9-15/h4-11,16,20,25-26,29H,1,12-13H2,2-3H3/t20-/m0/s1. The number of phenols is 1. The fourth-order valence-corrected chi connectivity index (χ4v) is 3.65. The number of rotatable bonds is 7. The molecular weight excluding hydrogens is 378 g/mol. The lowest BCUT2D eigenvalue weighted by Gasteiger charge is -2.31. The molecule has 0 saturated heterocycles. The average molecular weight is 403 g/mol. The Bertz CT molecular complexity index is 1050. The van der Waals surface area contributed by atoms with Crippen LogP contribution in [0, 0.1) is 5.92 Å². The number of allylic oxidation sites excluding steroid dienone is 2. The van der Waals surface area contributed by atoms with E-state index >= 15 is 0 Å². The summed E-state index contributed by atoms with van der Waals surface area (Å²) in [5, 5.41) is 17.1. The van der Waals surface area contributed by atoms with Crippen molar-refractivity contribution in [3.63, 3.8) is 0 Å². The molecule has 2 aliphatic carbocycles. The van der Waals surface area contributed by atoms with Crippen LogP contribution in [0.3, 0.4) is 0 Å². The van der Waals surface area contributed by atoms with Crippen LogP contribution in [-0.2, 0) is 4.79 Å². The van der Waals surface area contributed by atoms with Crippen LogP contribution in [0.1, 0.15) is 34.8 Å². The second-order valence-electron chi connectivity index (χ2n) is 7.95. The zero-order chi connectivity index (χ0) is 21.4. The smallest absolute Gasteiger partial charge is 0.257 e.